The molecule has 2 unspecified atom stereocenters. The van der Waals surface area contributed by atoms with Crippen LogP contribution in [0.15, 0.2) is 41.7 Å². The average Bonchev–Trinajstić information content (AvgIpc) is 3.64. The van der Waals surface area contributed by atoms with Gasteiger partial charge in [0.2, 0.25) is 0 Å². The Labute approximate surface area is 214 Å². The molecule has 1 aliphatic carbocycles. The van der Waals surface area contributed by atoms with Crippen molar-refractivity contribution < 1.29 is 24.1 Å². The van der Waals surface area contributed by atoms with Crippen molar-refractivity contribution in [3.63, 3.8) is 0 Å². The summed E-state index contributed by atoms with van der Waals surface area (Å²) in [6.07, 6.45) is 5.08. The summed E-state index contributed by atoms with van der Waals surface area (Å²) >= 11 is 6.21. The van der Waals surface area contributed by atoms with E-state index in [9.17, 15) is 19.4 Å². The highest BCUT2D eigenvalue weighted by molar-refractivity contribution is 6.35. The van der Waals surface area contributed by atoms with Crippen LogP contribution >= 0.6 is 11.6 Å². The molecule has 1 aromatic heterocycles. The van der Waals surface area contributed by atoms with Crippen LogP contribution < -0.4 is 4.90 Å². The SMILES string of the molecule is Cc1nc(N2C3CC[C@H]2CC(OC/C(C(=N)c2c(F)cccc2Cl)=C(/O)C2CC2)C3)ccc1C(=O)O. The molecule has 0 radical (unpaired) electrons. The predicted molar refractivity (Wildman–Crippen MR) is 135 cm³/mol. The second kappa shape index (κ2) is 9.82. The van der Waals surface area contributed by atoms with Gasteiger partial charge in [0.25, 0.3) is 0 Å². The van der Waals surface area contributed by atoms with Crippen molar-refractivity contribution in [2.45, 2.75) is 63.6 Å². The number of fused-ring (bicyclic) bond motifs is 2. The van der Waals surface area contributed by atoms with Gasteiger partial charge in [0.1, 0.15) is 17.4 Å². The molecule has 190 valence electrons. The summed E-state index contributed by atoms with van der Waals surface area (Å²) in [5.74, 6) is -0.723. The van der Waals surface area contributed by atoms with Gasteiger partial charge in [-0.25, -0.2) is 14.2 Å². The molecule has 3 aliphatic rings. The number of aryl methyl sites for hydroxylation is 1. The molecule has 2 bridgehead atoms. The van der Waals surface area contributed by atoms with E-state index in [1.54, 1.807) is 19.1 Å². The first-order valence-corrected chi connectivity index (χ1v) is 12.7. The maximum absolute atomic E-state index is 14.5. The van der Waals surface area contributed by atoms with Crippen LogP contribution in [0.1, 0.15) is 60.1 Å². The largest absolute Gasteiger partial charge is 0.512 e. The van der Waals surface area contributed by atoms with Gasteiger partial charge < -0.3 is 19.8 Å². The number of carbonyl (C=O) groups is 1. The van der Waals surface area contributed by atoms with E-state index < -0.39 is 11.8 Å². The van der Waals surface area contributed by atoms with E-state index >= 15 is 0 Å². The standard InChI is InChI=1S/C27H29ClFN3O4/c1-14-19(27(34)35)9-10-23(31-14)32-16-7-8-17(32)12-18(11-16)36-13-20(26(33)15-5-6-15)25(30)24-21(28)3-2-4-22(24)29/h2-4,9-10,15-18,30,33H,5-8,11-13H2,1H3,(H,34,35)/b26-20-,30-25?/t16-,17?,18?/m0/s1. The number of carboxylic acids is 1. The fourth-order valence-electron chi connectivity index (χ4n) is 5.52. The maximum atomic E-state index is 14.5. The molecule has 0 amide bonds. The van der Waals surface area contributed by atoms with E-state index in [2.05, 4.69) is 9.88 Å². The topological polar surface area (TPSA) is 107 Å². The van der Waals surface area contributed by atoms with Crippen molar-refractivity contribution in [2.75, 3.05) is 11.5 Å². The van der Waals surface area contributed by atoms with Crippen LogP contribution in [0.4, 0.5) is 10.2 Å². The fourth-order valence-corrected chi connectivity index (χ4v) is 5.78. The first kappa shape index (κ1) is 24.7. The summed E-state index contributed by atoms with van der Waals surface area (Å²) in [7, 11) is 0. The van der Waals surface area contributed by atoms with E-state index in [1.165, 1.54) is 18.2 Å². The number of aromatic nitrogens is 1. The smallest absolute Gasteiger partial charge is 0.337 e. The highest BCUT2D eigenvalue weighted by Crippen LogP contribution is 2.41. The van der Waals surface area contributed by atoms with E-state index in [1.807, 2.05) is 0 Å². The predicted octanol–water partition coefficient (Wildman–Crippen LogP) is 5.69. The number of hydrogen-bond donors (Lipinski definition) is 3. The Kier molecular flexibility index (Phi) is 6.74. The van der Waals surface area contributed by atoms with Gasteiger partial charge in [-0.2, -0.15) is 0 Å². The lowest BCUT2D eigenvalue weighted by molar-refractivity contribution is 0.0408. The Morgan fingerprint density at radius 1 is 1.17 bits per heavy atom. The van der Waals surface area contributed by atoms with Crippen molar-refractivity contribution in [3.8, 4) is 0 Å². The zero-order chi connectivity index (χ0) is 25.6. The molecule has 2 saturated heterocycles. The van der Waals surface area contributed by atoms with Gasteiger partial charge in [0, 0.05) is 23.6 Å². The number of ether oxygens (including phenoxy) is 1. The molecule has 36 heavy (non-hydrogen) atoms. The normalized spacial score (nSPS) is 24.0. The number of piperidine rings is 1. The molecule has 5 rings (SSSR count). The highest BCUT2D eigenvalue weighted by Gasteiger charge is 2.42. The summed E-state index contributed by atoms with van der Waals surface area (Å²) in [6.45, 7) is 1.72. The molecule has 2 aliphatic heterocycles. The number of aliphatic hydroxyl groups excluding tert-OH is 1. The third-order valence-electron chi connectivity index (χ3n) is 7.51. The van der Waals surface area contributed by atoms with Gasteiger partial charge in [0.05, 0.1) is 40.3 Å². The van der Waals surface area contributed by atoms with Gasteiger partial charge in [-0.1, -0.05) is 17.7 Å². The molecule has 3 N–H and O–H groups in total. The Bertz CT molecular complexity index is 1210. The lowest BCUT2D eigenvalue weighted by Crippen LogP contribution is -2.46. The van der Waals surface area contributed by atoms with Gasteiger partial charge in [-0.05, 0) is 69.7 Å². The van der Waals surface area contributed by atoms with Crippen molar-refractivity contribution in [1.82, 2.24) is 4.98 Å². The molecule has 3 atom stereocenters. The lowest BCUT2D eigenvalue weighted by atomic mass is 9.98. The maximum Gasteiger partial charge on any atom is 0.337 e. The van der Waals surface area contributed by atoms with Crippen molar-refractivity contribution in [3.05, 3.63) is 69.3 Å². The van der Waals surface area contributed by atoms with Gasteiger partial charge in [-0.15, -0.1) is 0 Å². The second-order valence-electron chi connectivity index (χ2n) is 9.91. The summed E-state index contributed by atoms with van der Waals surface area (Å²) in [5.41, 5.74) is 0.831. The summed E-state index contributed by atoms with van der Waals surface area (Å²) < 4.78 is 20.8. The molecular weight excluding hydrogens is 485 g/mol. The second-order valence-corrected chi connectivity index (χ2v) is 10.3. The Hall–Kier alpha value is -2.97. The monoisotopic (exact) mass is 513 g/mol. The minimum Gasteiger partial charge on any atom is -0.512 e. The van der Waals surface area contributed by atoms with E-state index in [-0.39, 0.29) is 58.3 Å². The zero-order valence-electron chi connectivity index (χ0n) is 20.0. The highest BCUT2D eigenvalue weighted by atomic mass is 35.5. The number of nitrogens with one attached hydrogen (secondary N) is 1. The zero-order valence-corrected chi connectivity index (χ0v) is 20.8. The third kappa shape index (κ3) is 4.72. The molecule has 3 fully saturated rings. The van der Waals surface area contributed by atoms with Crippen LogP contribution in [0.5, 0.6) is 0 Å². The molecule has 9 heteroatoms. The van der Waals surface area contributed by atoms with E-state index in [0.29, 0.717) is 11.3 Å². The van der Waals surface area contributed by atoms with Crippen LogP contribution in [0.2, 0.25) is 5.02 Å². The quantitative estimate of drug-likeness (QED) is 0.309. The average molecular weight is 514 g/mol. The summed E-state index contributed by atoms with van der Waals surface area (Å²) in [5, 5.41) is 28.9. The number of nitrogens with zero attached hydrogens (tertiary/aromatic N) is 2. The van der Waals surface area contributed by atoms with Gasteiger partial charge in [0.15, 0.2) is 0 Å². The molecular formula is C27H29ClFN3O4. The molecule has 3 heterocycles. The van der Waals surface area contributed by atoms with E-state index in [0.717, 1.165) is 44.3 Å². The first-order valence-electron chi connectivity index (χ1n) is 12.3. The van der Waals surface area contributed by atoms with Gasteiger partial charge >= 0.3 is 5.97 Å². The fraction of sp³-hybridized carbons (Fsp3) is 0.444. The Morgan fingerprint density at radius 2 is 1.86 bits per heavy atom. The Balaban J connectivity index is 1.31. The van der Waals surface area contributed by atoms with Crippen molar-refractivity contribution >= 4 is 29.1 Å². The molecule has 1 aromatic carbocycles. The molecule has 7 nitrogen and oxygen atoms in total. The number of halogens is 2. The lowest BCUT2D eigenvalue weighted by Gasteiger charge is -2.40. The molecule has 2 aromatic rings. The number of pyridine rings is 1. The minimum absolute atomic E-state index is 0.0145. The number of allylic oxidation sites excluding steroid dienone is 1. The van der Waals surface area contributed by atoms with Crippen molar-refractivity contribution in [2.24, 2.45) is 5.92 Å². The summed E-state index contributed by atoms with van der Waals surface area (Å²) in [6, 6.07) is 8.09. The van der Waals surface area contributed by atoms with Crippen LogP contribution in [-0.2, 0) is 4.74 Å². The van der Waals surface area contributed by atoms with Crippen molar-refractivity contribution in [1.29, 1.82) is 5.41 Å². The van der Waals surface area contributed by atoms with Crippen LogP contribution in [-0.4, -0.2) is 51.7 Å². The summed E-state index contributed by atoms with van der Waals surface area (Å²) in [4.78, 5) is 18.2. The van der Waals surface area contributed by atoms with Crippen LogP contribution in [0.3, 0.4) is 0 Å². The number of hydrogen-bond acceptors (Lipinski definition) is 6. The first-order chi connectivity index (χ1) is 17.2. The number of anilines is 1. The number of aromatic carboxylic acids is 1. The van der Waals surface area contributed by atoms with Crippen LogP contribution in [0.25, 0.3) is 0 Å². The van der Waals surface area contributed by atoms with Gasteiger partial charge in [-0.3, -0.25) is 5.41 Å². The van der Waals surface area contributed by atoms with E-state index in [4.69, 9.17) is 21.7 Å². The number of aliphatic hydroxyl groups is 1. The molecule has 0 spiro atoms. The number of rotatable bonds is 8. The Morgan fingerprint density at radius 3 is 2.44 bits per heavy atom. The minimum atomic E-state index is -0.984. The third-order valence-corrected chi connectivity index (χ3v) is 7.82. The molecule has 1 saturated carbocycles. The number of benzene rings is 1. The van der Waals surface area contributed by atoms with Crippen LogP contribution in [0, 0.1) is 24.1 Å². The number of carboxylic acid groups (broad SMARTS) is 1.